The second-order valence-corrected chi connectivity index (χ2v) is 2.93. The Labute approximate surface area is 77.5 Å². The minimum atomic E-state index is -0.703. The first-order valence-electron chi connectivity index (χ1n) is 4.23. The molecule has 5 heteroatoms. The molecule has 0 aliphatic carbocycles. The normalized spacial score (nSPS) is 15.4. The van der Waals surface area contributed by atoms with Crippen molar-refractivity contribution in [1.82, 2.24) is 0 Å². The lowest BCUT2D eigenvalue weighted by Gasteiger charge is -2.11. The summed E-state index contributed by atoms with van der Waals surface area (Å²) in [7, 11) is 0. The molecule has 2 atom stereocenters. The van der Waals surface area contributed by atoms with E-state index in [2.05, 4.69) is 0 Å². The van der Waals surface area contributed by atoms with Gasteiger partial charge in [0.1, 0.15) is 0 Å². The summed E-state index contributed by atoms with van der Waals surface area (Å²) < 4.78 is 4.95. The molecule has 0 aliphatic heterocycles. The first kappa shape index (κ1) is 12.5. The second-order valence-electron chi connectivity index (χ2n) is 2.93. The molecule has 5 nitrogen and oxygen atoms in total. The molecule has 0 rings (SSSR count). The van der Waals surface area contributed by atoms with Crippen LogP contribution in [0.3, 0.4) is 0 Å². The summed E-state index contributed by atoms with van der Waals surface area (Å²) in [5.41, 5.74) is 5.42. The maximum atomic E-state index is 11.0. The summed E-state index contributed by atoms with van der Waals surface area (Å²) >= 11 is 0. The van der Waals surface area contributed by atoms with Gasteiger partial charge in [0, 0.05) is 6.42 Å². The first-order valence-corrected chi connectivity index (χ1v) is 4.23. The van der Waals surface area contributed by atoms with E-state index in [-0.39, 0.29) is 32.0 Å². The van der Waals surface area contributed by atoms with Crippen LogP contribution in [0.1, 0.15) is 13.3 Å². The van der Waals surface area contributed by atoms with Crippen molar-refractivity contribution in [1.29, 1.82) is 0 Å². The Morgan fingerprint density at radius 2 is 2.15 bits per heavy atom. The monoisotopic (exact) mass is 191 g/mol. The van der Waals surface area contributed by atoms with Crippen LogP contribution in [0.4, 0.5) is 0 Å². The number of aliphatic hydroxyl groups is 2. The SMILES string of the molecule is CC(O)COCC(N)C(=O)CCO. The largest absolute Gasteiger partial charge is 0.396 e. The van der Waals surface area contributed by atoms with E-state index >= 15 is 0 Å². The minimum Gasteiger partial charge on any atom is -0.396 e. The van der Waals surface area contributed by atoms with E-state index in [0.29, 0.717) is 0 Å². The first-order chi connectivity index (χ1) is 6.07. The highest BCUT2D eigenvalue weighted by molar-refractivity contribution is 5.83. The Hall–Kier alpha value is -0.490. The number of Topliss-reactive ketones (excluding diaryl/α,β-unsaturated/α-hetero) is 1. The average Bonchev–Trinajstić information content (AvgIpc) is 2.04. The van der Waals surface area contributed by atoms with Crippen molar-refractivity contribution >= 4 is 5.78 Å². The number of hydrogen-bond donors (Lipinski definition) is 3. The third kappa shape index (κ3) is 6.65. The average molecular weight is 191 g/mol. The molecule has 0 fully saturated rings. The zero-order chi connectivity index (χ0) is 10.3. The number of rotatable bonds is 7. The molecule has 2 unspecified atom stereocenters. The molecule has 0 saturated heterocycles. The predicted octanol–water partition coefficient (Wildman–Crippen LogP) is -1.34. The molecule has 0 amide bonds. The number of ketones is 1. The van der Waals surface area contributed by atoms with Gasteiger partial charge in [-0.15, -0.1) is 0 Å². The van der Waals surface area contributed by atoms with E-state index in [4.69, 9.17) is 20.7 Å². The van der Waals surface area contributed by atoms with Gasteiger partial charge in [0.05, 0.1) is 32.0 Å². The minimum absolute atomic E-state index is 0.0548. The van der Waals surface area contributed by atoms with Gasteiger partial charge in [0.2, 0.25) is 0 Å². The van der Waals surface area contributed by atoms with E-state index in [0.717, 1.165) is 0 Å². The van der Waals surface area contributed by atoms with Crippen molar-refractivity contribution < 1.29 is 19.7 Å². The van der Waals surface area contributed by atoms with Crippen LogP contribution in [0.25, 0.3) is 0 Å². The van der Waals surface area contributed by atoms with Gasteiger partial charge in [-0.1, -0.05) is 0 Å². The molecule has 13 heavy (non-hydrogen) atoms. The lowest BCUT2D eigenvalue weighted by molar-refractivity contribution is -0.122. The molecule has 0 aromatic carbocycles. The van der Waals surface area contributed by atoms with Gasteiger partial charge >= 0.3 is 0 Å². The van der Waals surface area contributed by atoms with Crippen molar-refractivity contribution in [2.75, 3.05) is 19.8 Å². The predicted molar refractivity (Wildman–Crippen MR) is 47.2 cm³/mol. The number of ether oxygens (including phenoxy) is 1. The summed E-state index contributed by atoms with van der Waals surface area (Å²) in [4.78, 5) is 11.0. The maximum absolute atomic E-state index is 11.0. The van der Waals surface area contributed by atoms with Crippen molar-refractivity contribution in [3.05, 3.63) is 0 Å². The van der Waals surface area contributed by atoms with Crippen molar-refractivity contribution in [3.63, 3.8) is 0 Å². The van der Waals surface area contributed by atoms with Crippen LogP contribution in [0.15, 0.2) is 0 Å². The summed E-state index contributed by atoms with van der Waals surface area (Å²) in [6, 6.07) is -0.703. The summed E-state index contributed by atoms with van der Waals surface area (Å²) in [6.07, 6.45) is -0.501. The summed E-state index contributed by atoms with van der Waals surface area (Å²) in [5, 5.41) is 17.3. The molecular formula is C8H17NO4. The Balaban J connectivity index is 3.49. The lowest BCUT2D eigenvalue weighted by atomic mass is 10.1. The fourth-order valence-corrected chi connectivity index (χ4v) is 0.754. The molecular weight excluding hydrogens is 174 g/mol. The van der Waals surface area contributed by atoms with E-state index in [1.807, 2.05) is 0 Å². The van der Waals surface area contributed by atoms with E-state index in [9.17, 15) is 4.79 Å². The molecule has 4 N–H and O–H groups in total. The highest BCUT2D eigenvalue weighted by Crippen LogP contribution is 1.91. The Bertz CT molecular complexity index is 149. The molecule has 0 saturated carbocycles. The highest BCUT2D eigenvalue weighted by atomic mass is 16.5. The van der Waals surface area contributed by atoms with Crippen LogP contribution in [-0.2, 0) is 9.53 Å². The molecule has 0 radical (unpaired) electrons. The molecule has 0 aromatic heterocycles. The van der Waals surface area contributed by atoms with Gasteiger partial charge in [-0.3, -0.25) is 4.79 Å². The Morgan fingerprint density at radius 3 is 2.62 bits per heavy atom. The molecule has 0 heterocycles. The van der Waals surface area contributed by atoms with Crippen LogP contribution >= 0.6 is 0 Å². The quantitative estimate of drug-likeness (QED) is 0.463. The number of carbonyl (C=O) groups excluding carboxylic acids is 1. The highest BCUT2D eigenvalue weighted by Gasteiger charge is 2.12. The smallest absolute Gasteiger partial charge is 0.154 e. The second kappa shape index (κ2) is 6.97. The van der Waals surface area contributed by atoms with Gasteiger partial charge in [0.15, 0.2) is 5.78 Å². The van der Waals surface area contributed by atoms with Gasteiger partial charge in [0.25, 0.3) is 0 Å². The van der Waals surface area contributed by atoms with Crippen LogP contribution in [-0.4, -0.2) is 48.0 Å². The van der Waals surface area contributed by atoms with Gasteiger partial charge in [-0.2, -0.15) is 0 Å². The van der Waals surface area contributed by atoms with Crippen molar-refractivity contribution in [2.24, 2.45) is 5.73 Å². The molecule has 0 bridgehead atoms. The third-order valence-electron chi connectivity index (χ3n) is 1.43. The maximum Gasteiger partial charge on any atom is 0.154 e. The number of aliphatic hydroxyl groups excluding tert-OH is 2. The molecule has 0 aliphatic rings. The summed E-state index contributed by atoms with van der Waals surface area (Å²) in [6.45, 7) is 1.65. The zero-order valence-electron chi connectivity index (χ0n) is 7.77. The summed E-state index contributed by atoms with van der Waals surface area (Å²) in [5.74, 6) is -0.229. The topological polar surface area (TPSA) is 92.8 Å². The van der Waals surface area contributed by atoms with Crippen LogP contribution in [0.5, 0.6) is 0 Å². The van der Waals surface area contributed by atoms with Crippen LogP contribution < -0.4 is 5.73 Å². The van der Waals surface area contributed by atoms with Gasteiger partial charge in [-0.25, -0.2) is 0 Å². The fourth-order valence-electron chi connectivity index (χ4n) is 0.754. The molecule has 78 valence electrons. The van der Waals surface area contributed by atoms with Gasteiger partial charge < -0.3 is 20.7 Å². The van der Waals surface area contributed by atoms with Crippen molar-refractivity contribution in [3.8, 4) is 0 Å². The zero-order valence-corrected chi connectivity index (χ0v) is 7.77. The van der Waals surface area contributed by atoms with Crippen molar-refractivity contribution in [2.45, 2.75) is 25.5 Å². The van der Waals surface area contributed by atoms with Crippen LogP contribution in [0.2, 0.25) is 0 Å². The standard InChI is InChI=1S/C8H17NO4/c1-6(11)4-13-5-7(9)8(12)2-3-10/h6-7,10-11H,2-5,9H2,1H3. The Kier molecular flexibility index (Phi) is 6.70. The number of nitrogens with two attached hydrogens (primary N) is 1. The van der Waals surface area contributed by atoms with Crippen LogP contribution in [0, 0.1) is 0 Å². The van der Waals surface area contributed by atoms with Gasteiger partial charge in [-0.05, 0) is 6.92 Å². The molecule has 0 spiro atoms. The Morgan fingerprint density at radius 1 is 1.54 bits per heavy atom. The molecule has 0 aromatic rings. The third-order valence-corrected chi connectivity index (χ3v) is 1.43. The van der Waals surface area contributed by atoms with E-state index in [1.54, 1.807) is 6.92 Å². The van der Waals surface area contributed by atoms with E-state index < -0.39 is 12.1 Å². The number of hydrogen-bond acceptors (Lipinski definition) is 5. The number of carbonyl (C=O) groups is 1. The lowest BCUT2D eigenvalue weighted by Crippen LogP contribution is -2.36. The fraction of sp³-hybridized carbons (Fsp3) is 0.875. The van der Waals surface area contributed by atoms with E-state index in [1.165, 1.54) is 0 Å².